The number of nitrogens with one attached hydrogen (secondary N) is 1. The highest BCUT2D eigenvalue weighted by Gasteiger charge is 2.37. The Morgan fingerprint density at radius 2 is 2.12 bits per heavy atom. The van der Waals surface area contributed by atoms with E-state index in [1.54, 1.807) is 17.0 Å². The minimum Gasteiger partial charge on any atom is -0.492 e. The molecule has 1 N–H and O–H groups in total. The van der Waals surface area contributed by atoms with Gasteiger partial charge in [0.2, 0.25) is 10.0 Å². The van der Waals surface area contributed by atoms with Crippen LogP contribution in [0.5, 0.6) is 5.75 Å². The van der Waals surface area contributed by atoms with Crippen LogP contribution in [-0.4, -0.2) is 62.5 Å². The molecule has 1 atom stereocenters. The molecule has 7 nitrogen and oxygen atoms in total. The first-order valence-electron chi connectivity index (χ1n) is 8.71. The third-order valence-corrected chi connectivity index (χ3v) is 6.59. The molecule has 0 aliphatic carbocycles. The van der Waals surface area contributed by atoms with E-state index in [-0.39, 0.29) is 17.0 Å². The standard InChI is InChI=1S/C17H25N3O4S/c1-3-24-15-7-6-13(2)11-16(15)25(22,23)19-9-4-5-14(12-19)20-10-8-18-17(20)21/h6-7,11,14H,3-5,8-10,12H2,1-2H3,(H,18,21)/t14-/m0/s1. The van der Waals surface area contributed by atoms with Gasteiger partial charge in [0, 0.05) is 32.2 Å². The van der Waals surface area contributed by atoms with Crippen molar-refractivity contribution < 1.29 is 17.9 Å². The SMILES string of the molecule is CCOc1ccc(C)cc1S(=O)(=O)N1CCC[C@H](N2CCNC2=O)C1. The van der Waals surface area contributed by atoms with Crippen molar-refractivity contribution in [3.05, 3.63) is 23.8 Å². The smallest absolute Gasteiger partial charge is 0.317 e. The number of rotatable bonds is 5. The van der Waals surface area contributed by atoms with Crippen molar-refractivity contribution in [2.45, 2.75) is 37.6 Å². The van der Waals surface area contributed by atoms with E-state index in [1.807, 2.05) is 19.9 Å². The lowest BCUT2D eigenvalue weighted by Gasteiger charge is -2.36. The zero-order valence-electron chi connectivity index (χ0n) is 14.7. The molecule has 2 aliphatic rings. The minimum atomic E-state index is -3.67. The first-order chi connectivity index (χ1) is 11.9. The van der Waals surface area contributed by atoms with Crippen molar-refractivity contribution in [1.29, 1.82) is 0 Å². The molecule has 3 rings (SSSR count). The molecule has 8 heteroatoms. The number of amides is 2. The highest BCUT2D eigenvalue weighted by molar-refractivity contribution is 7.89. The van der Waals surface area contributed by atoms with Gasteiger partial charge in [-0.25, -0.2) is 13.2 Å². The van der Waals surface area contributed by atoms with Gasteiger partial charge < -0.3 is 15.0 Å². The molecule has 1 aromatic carbocycles. The summed E-state index contributed by atoms with van der Waals surface area (Å²) in [4.78, 5) is 13.9. The molecule has 0 radical (unpaired) electrons. The van der Waals surface area contributed by atoms with Crippen LogP contribution in [0.15, 0.2) is 23.1 Å². The van der Waals surface area contributed by atoms with Gasteiger partial charge in [0.1, 0.15) is 10.6 Å². The van der Waals surface area contributed by atoms with Crippen LogP contribution in [-0.2, 0) is 10.0 Å². The van der Waals surface area contributed by atoms with E-state index in [4.69, 9.17) is 4.74 Å². The van der Waals surface area contributed by atoms with Gasteiger partial charge in [-0.05, 0) is 44.4 Å². The molecule has 2 fully saturated rings. The Balaban J connectivity index is 1.87. The second-order valence-electron chi connectivity index (χ2n) is 6.47. The first kappa shape index (κ1) is 18.0. The second-order valence-corrected chi connectivity index (χ2v) is 8.37. The molecule has 2 saturated heterocycles. The molecule has 0 unspecified atom stereocenters. The predicted octanol–water partition coefficient (Wildman–Crippen LogP) is 1.57. The third-order valence-electron chi connectivity index (χ3n) is 4.71. The normalized spacial score (nSPS) is 22.1. The van der Waals surface area contributed by atoms with Crippen molar-refractivity contribution in [1.82, 2.24) is 14.5 Å². The summed E-state index contributed by atoms with van der Waals surface area (Å²) in [7, 11) is -3.67. The lowest BCUT2D eigenvalue weighted by molar-refractivity contribution is 0.163. The molecule has 25 heavy (non-hydrogen) atoms. The monoisotopic (exact) mass is 367 g/mol. The fraction of sp³-hybridized carbons (Fsp3) is 0.588. The topological polar surface area (TPSA) is 79.0 Å². The van der Waals surface area contributed by atoms with E-state index >= 15 is 0 Å². The molecule has 2 amide bonds. The highest BCUT2D eigenvalue weighted by Crippen LogP contribution is 2.30. The number of carbonyl (C=O) groups excluding carboxylic acids is 1. The van der Waals surface area contributed by atoms with Gasteiger partial charge >= 0.3 is 6.03 Å². The lowest BCUT2D eigenvalue weighted by atomic mass is 10.1. The maximum absolute atomic E-state index is 13.2. The van der Waals surface area contributed by atoms with E-state index in [2.05, 4.69) is 5.32 Å². The minimum absolute atomic E-state index is 0.0774. The van der Waals surface area contributed by atoms with Gasteiger partial charge in [-0.2, -0.15) is 4.31 Å². The van der Waals surface area contributed by atoms with E-state index in [0.29, 0.717) is 38.5 Å². The quantitative estimate of drug-likeness (QED) is 0.857. The maximum Gasteiger partial charge on any atom is 0.317 e. The Morgan fingerprint density at radius 1 is 1.32 bits per heavy atom. The lowest BCUT2D eigenvalue weighted by Crippen LogP contribution is -2.50. The zero-order chi connectivity index (χ0) is 18.0. The number of piperidine rings is 1. The van der Waals surface area contributed by atoms with Crippen molar-refractivity contribution in [2.24, 2.45) is 0 Å². The largest absolute Gasteiger partial charge is 0.492 e. The second kappa shape index (κ2) is 7.21. The zero-order valence-corrected chi connectivity index (χ0v) is 15.5. The molecular formula is C17H25N3O4S. The Labute approximate surface area is 149 Å². The van der Waals surface area contributed by atoms with Gasteiger partial charge in [-0.15, -0.1) is 0 Å². The summed E-state index contributed by atoms with van der Waals surface area (Å²) in [6.45, 7) is 6.15. The summed E-state index contributed by atoms with van der Waals surface area (Å²) in [5, 5.41) is 2.78. The molecule has 138 valence electrons. The van der Waals surface area contributed by atoms with Crippen LogP contribution >= 0.6 is 0 Å². The Morgan fingerprint density at radius 3 is 2.80 bits per heavy atom. The highest BCUT2D eigenvalue weighted by atomic mass is 32.2. The van der Waals surface area contributed by atoms with Crippen LogP contribution in [0.1, 0.15) is 25.3 Å². The molecule has 0 saturated carbocycles. The third kappa shape index (κ3) is 3.59. The number of carbonyl (C=O) groups is 1. The number of sulfonamides is 1. The Bertz CT molecular complexity index is 750. The first-order valence-corrected chi connectivity index (χ1v) is 10.2. The summed E-state index contributed by atoms with van der Waals surface area (Å²) in [6, 6.07) is 5.03. The average Bonchev–Trinajstić information content (AvgIpc) is 3.03. The summed E-state index contributed by atoms with van der Waals surface area (Å²) in [5.41, 5.74) is 0.870. The van der Waals surface area contributed by atoms with E-state index in [0.717, 1.165) is 18.4 Å². The molecule has 2 aliphatic heterocycles. The van der Waals surface area contributed by atoms with Gasteiger partial charge in [0.25, 0.3) is 0 Å². The van der Waals surface area contributed by atoms with Gasteiger partial charge in [0.05, 0.1) is 6.61 Å². The molecular weight excluding hydrogens is 342 g/mol. The number of urea groups is 1. The van der Waals surface area contributed by atoms with Crippen LogP contribution in [0.25, 0.3) is 0 Å². The van der Waals surface area contributed by atoms with Crippen molar-refractivity contribution in [3.63, 3.8) is 0 Å². The number of nitrogens with zero attached hydrogens (tertiary/aromatic N) is 2. The summed E-state index contributed by atoms with van der Waals surface area (Å²) >= 11 is 0. The van der Waals surface area contributed by atoms with Gasteiger partial charge in [0.15, 0.2) is 0 Å². The maximum atomic E-state index is 13.2. The van der Waals surface area contributed by atoms with Crippen molar-refractivity contribution in [2.75, 3.05) is 32.8 Å². The number of ether oxygens (including phenoxy) is 1. The van der Waals surface area contributed by atoms with Crippen LogP contribution in [0.3, 0.4) is 0 Å². The summed E-state index contributed by atoms with van der Waals surface area (Å²) < 4.78 is 33.4. The summed E-state index contributed by atoms with van der Waals surface area (Å²) in [5.74, 6) is 0.383. The number of hydrogen-bond donors (Lipinski definition) is 1. The molecule has 0 aromatic heterocycles. The van der Waals surface area contributed by atoms with Crippen molar-refractivity contribution in [3.8, 4) is 5.75 Å². The molecule has 0 bridgehead atoms. The van der Waals surface area contributed by atoms with Crippen LogP contribution in [0.4, 0.5) is 4.79 Å². The van der Waals surface area contributed by atoms with E-state index in [9.17, 15) is 13.2 Å². The van der Waals surface area contributed by atoms with Gasteiger partial charge in [-0.1, -0.05) is 6.07 Å². The number of benzene rings is 1. The van der Waals surface area contributed by atoms with Crippen molar-refractivity contribution >= 4 is 16.1 Å². The molecule has 2 heterocycles. The average molecular weight is 367 g/mol. The fourth-order valence-electron chi connectivity index (χ4n) is 3.46. The summed E-state index contributed by atoms with van der Waals surface area (Å²) in [6.07, 6.45) is 1.56. The molecule has 1 aromatic rings. The van der Waals surface area contributed by atoms with E-state index < -0.39 is 10.0 Å². The number of aryl methyl sites for hydroxylation is 1. The van der Waals surface area contributed by atoms with Crippen LogP contribution in [0.2, 0.25) is 0 Å². The number of hydrogen-bond acceptors (Lipinski definition) is 4. The Hall–Kier alpha value is -1.80. The molecule has 0 spiro atoms. The van der Waals surface area contributed by atoms with Crippen LogP contribution in [0, 0.1) is 6.92 Å². The fourth-order valence-corrected chi connectivity index (χ4v) is 5.19. The predicted molar refractivity (Wildman–Crippen MR) is 94.2 cm³/mol. The van der Waals surface area contributed by atoms with E-state index in [1.165, 1.54) is 4.31 Å². The van der Waals surface area contributed by atoms with Crippen LogP contribution < -0.4 is 10.1 Å². The Kier molecular flexibility index (Phi) is 5.19. The van der Waals surface area contributed by atoms with Gasteiger partial charge in [-0.3, -0.25) is 0 Å².